The average Bonchev–Trinajstić information content (AvgIpc) is 3.00. The quantitative estimate of drug-likeness (QED) is 0.830. The molecule has 5 nitrogen and oxygen atoms in total. The standard InChI is InChI=1S/C15H24N2O3/c1-3-17(12-6-4-5-7-12)14(18)10-16-8-11(2)13(9-16)15(19)20/h6,11,13H,3-5,7-10H2,1-2H3,(H,19,20). The van der Waals surface area contributed by atoms with Gasteiger partial charge in [0, 0.05) is 25.3 Å². The second-order valence-corrected chi connectivity index (χ2v) is 5.84. The predicted molar refractivity (Wildman–Crippen MR) is 76.1 cm³/mol. The summed E-state index contributed by atoms with van der Waals surface area (Å²) in [5, 5.41) is 9.13. The maximum atomic E-state index is 12.4. The third-order valence-electron chi connectivity index (χ3n) is 4.35. The Balaban J connectivity index is 1.92. The highest BCUT2D eigenvalue weighted by atomic mass is 16.4. The van der Waals surface area contributed by atoms with Crippen LogP contribution in [0.15, 0.2) is 11.8 Å². The summed E-state index contributed by atoms with van der Waals surface area (Å²) in [7, 11) is 0. The van der Waals surface area contributed by atoms with Gasteiger partial charge in [0.2, 0.25) is 5.91 Å². The number of nitrogens with zero attached hydrogens (tertiary/aromatic N) is 2. The summed E-state index contributed by atoms with van der Waals surface area (Å²) >= 11 is 0. The van der Waals surface area contributed by atoms with Crippen molar-refractivity contribution in [3.05, 3.63) is 11.8 Å². The third-order valence-corrected chi connectivity index (χ3v) is 4.35. The van der Waals surface area contributed by atoms with Crippen molar-refractivity contribution in [3.63, 3.8) is 0 Å². The number of carbonyl (C=O) groups is 2. The number of carbonyl (C=O) groups excluding carboxylic acids is 1. The van der Waals surface area contributed by atoms with Gasteiger partial charge in [-0.25, -0.2) is 0 Å². The fourth-order valence-electron chi connectivity index (χ4n) is 3.23. The lowest BCUT2D eigenvalue weighted by molar-refractivity contribution is -0.142. The van der Waals surface area contributed by atoms with Gasteiger partial charge in [-0.3, -0.25) is 14.5 Å². The number of hydrogen-bond acceptors (Lipinski definition) is 3. The maximum absolute atomic E-state index is 12.4. The van der Waals surface area contributed by atoms with E-state index < -0.39 is 5.97 Å². The Morgan fingerprint density at radius 2 is 2.20 bits per heavy atom. The Morgan fingerprint density at radius 3 is 2.70 bits per heavy atom. The molecule has 2 atom stereocenters. The van der Waals surface area contributed by atoms with Crippen LogP contribution in [0.2, 0.25) is 0 Å². The lowest BCUT2D eigenvalue weighted by atomic mass is 9.99. The second kappa shape index (κ2) is 6.39. The first-order chi connectivity index (χ1) is 9.52. The SMILES string of the molecule is CCN(C(=O)CN1CC(C)C(C(=O)O)C1)C1=CCCC1. The van der Waals surface area contributed by atoms with Crippen molar-refractivity contribution in [1.29, 1.82) is 0 Å². The van der Waals surface area contributed by atoms with Crippen LogP contribution in [-0.2, 0) is 9.59 Å². The van der Waals surface area contributed by atoms with Gasteiger partial charge in [-0.1, -0.05) is 13.0 Å². The zero-order valence-electron chi connectivity index (χ0n) is 12.3. The van der Waals surface area contributed by atoms with Crippen LogP contribution >= 0.6 is 0 Å². The Bertz CT molecular complexity index is 419. The number of allylic oxidation sites excluding steroid dienone is 2. The predicted octanol–water partition coefficient (Wildman–Crippen LogP) is 1.56. The van der Waals surface area contributed by atoms with E-state index >= 15 is 0 Å². The van der Waals surface area contributed by atoms with E-state index in [4.69, 9.17) is 5.11 Å². The molecule has 20 heavy (non-hydrogen) atoms. The van der Waals surface area contributed by atoms with Gasteiger partial charge < -0.3 is 10.0 Å². The average molecular weight is 280 g/mol. The summed E-state index contributed by atoms with van der Waals surface area (Å²) in [5.41, 5.74) is 1.14. The molecule has 0 radical (unpaired) electrons. The largest absolute Gasteiger partial charge is 0.481 e. The van der Waals surface area contributed by atoms with Crippen molar-refractivity contribution in [1.82, 2.24) is 9.80 Å². The molecule has 5 heteroatoms. The molecule has 1 aliphatic carbocycles. The first-order valence-corrected chi connectivity index (χ1v) is 7.47. The fraction of sp³-hybridized carbons (Fsp3) is 0.733. The Hall–Kier alpha value is -1.36. The van der Waals surface area contributed by atoms with Gasteiger partial charge in [-0.2, -0.15) is 0 Å². The molecule has 1 heterocycles. The van der Waals surface area contributed by atoms with E-state index in [2.05, 4.69) is 6.08 Å². The monoisotopic (exact) mass is 280 g/mol. The molecule has 112 valence electrons. The van der Waals surface area contributed by atoms with Crippen molar-refractivity contribution < 1.29 is 14.7 Å². The van der Waals surface area contributed by atoms with Crippen molar-refractivity contribution in [3.8, 4) is 0 Å². The van der Waals surface area contributed by atoms with E-state index in [1.807, 2.05) is 23.6 Å². The summed E-state index contributed by atoms with van der Waals surface area (Å²) in [5.74, 6) is -0.887. The summed E-state index contributed by atoms with van der Waals surface area (Å²) in [6, 6.07) is 0. The number of carboxylic acid groups (broad SMARTS) is 1. The lowest BCUT2D eigenvalue weighted by Gasteiger charge is -2.25. The number of likely N-dealkylation sites (N-methyl/N-ethyl adjacent to an activating group) is 1. The van der Waals surface area contributed by atoms with E-state index in [0.29, 0.717) is 26.2 Å². The molecule has 0 saturated carbocycles. The molecule has 0 spiro atoms. The molecular formula is C15H24N2O3. The van der Waals surface area contributed by atoms with Gasteiger partial charge in [-0.15, -0.1) is 0 Å². The van der Waals surface area contributed by atoms with Crippen LogP contribution in [0.5, 0.6) is 0 Å². The van der Waals surface area contributed by atoms with E-state index in [9.17, 15) is 9.59 Å². The van der Waals surface area contributed by atoms with Crippen LogP contribution in [0, 0.1) is 11.8 Å². The molecule has 2 aliphatic rings. The molecule has 1 amide bonds. The summed E-state index contributed by atoms with van der Waals surface area (Å²) < 4.78 is 0. The van der Waals surface area contributed by atoms with Gasteiger partial charge in [0.15, 0.2) is 0 Å². The van der Waals surface area contributed by atoms with Crippen LogP contribution in [0.4, 0.5) is 0 Å². The molecule has 1 fully saturated rings. The maximum Gasteiger partial charge on any atom is 0.308 e. The lowest BCUT2D eigenvalue weighted by Crippen LogP contribution is -2.39. The molecule has 1 N–H and O–H groups in total. The van der Waals surface area contributed by atoms with Crippen molar-refractivity contribution >= 4 is 11.9 Å². The zero-order valence-corrected chi connectivity index (χ0v) is 12.3. The van der Waals surface area contributed by atoms with Crippen LogP contribution in [0.1, 0.15) is 33.1 Å². The molecule has 1 saturated heterocycles. The van der Waals surface area contributed by atoms with E-state index in [-0.39, 0.29) is 17.7 Å². The second-order valence-electron chi connectivity index (χ2n) is 5.84. The number of likely N-dealkylation sites (tertiary alicyclic amines) is 1. The van der Waals surface area contributed by atoms with Crippen LogP contribution in [0.25, 0.3) is 0 Å². The van der Waals surface area contributed by atoms with Crippen LogP contribution < -0.4 is 0 Å². The number of amides is 1. The fourth-order valence-corrected chi connectivity index (χ4v) is 3.23. The Kier molecular flexibility index (Phi) is 4.81. The van der Waals surface area contributed by atoms with E-state index in [1.54, 1.807) is 0 Å². The first-order valence-electron chi connectivity index (χ1n) is 7.47. The minimum atomic E-state index is -0.752. The summed E-state index contributed by atoms with van der Waals surface area (Å²) in [6.45, 7) is 6.14. The Morgan fingerprint density at radius 1 is 1.45 bits per heavy atom. The highest BCUT2D eigenvalue weighted by Gasteiger charge is 2.36. The normalized spacial score (nSPS) is 26.6. The minimum Gasteiger partial charge on any atom is -0.481 e. The van der Waals surface area contributed by atoms with Crippen LogP contribution in [-0.4, -0.2) is 53.0 Å². The highest BCUT2D eigenvalue weighted by molar-refractivity contribution is 5.80. The molecule has 2 unspecified atom stereocenters. The summed E-state index contributed by atoms with van der Waals surface area (Å²) in [4.78, 5) is 27.3. The van der Waals surface area contributed by atoms with Crippen molar-refractivity contribution in [2.24, 2.45) is 11.8 Å². The molecular weight excluding hydrogens is 256 g/mol. The van der Waals surface area contributed by atoms with Crippen molar-refractivity contribution in [2.75, 3.05) is 26.2 Å². The number of carboxylic acids is 1. The molecule has 0 aromatic rings. The zero-order chi connectivity index (χ0) is 14.7. The van der Waals surface area contributed by atoms with Gasteiger partial charge in [0.25, 0.3) is 0 Å². The van der Waals surface area contributed by atoms with Gasteiger partial charge >= 0.3 is 5.97 Å². The van der Waals surface area contributed by atoms with Crippen molar-refractivity contribution in [2.45, 2.75) is 33.1 Å². The van der Waals surface area contributed by atoms with Gasteiger partial charge in [0.05, 0.1) is 12.5 Å². The first kappa shape index (κ1) is 15.0. The van der Waals surface area contributed by atoms with Gasteiger partial charge in [-0.05, 0) is 32.1 Å². The molecule has 2 rings (SSSR count). The topological polar surface area (TPSA) is 60.9 Å². The highest BCUT2D eigenvalue weighted by Crippen LogP contribution is 2.25. The van der Waals surface area contributed by atoms with Gasteiger partial charge in [0.1, 0.15) is 0 Å². The molecule has 0 aromatic carbocycles. The van der Waals surface area contributed by atoms with E-state index in [0.717, 1.165) is 25.0 Å². The van der Waals surface area contributed by atoms with E-state index in [1.165, 1.54) is 0 Å². The number of hydrogen-bond donors (Lipinski definition) is 1. The summed E-state index contributed by atoms with van der Waals surface area (Å²) in [6.07, 6.45) is 5.31. The Labute approximate surface area is 120 Å². The minimum absolute atomic E-state index is 0.0962. The third kappa shape index (κ3) is 3.20. The number of rotatable bonds is 5. The number of aliphatic carboxylic acids is 1. The molecule has 0 bridgehead atoms. The molecule has 1 aliphatic heterocycles. The van der Waals surface area contributed by atoms with Crippen LogP contribution in [0.3, 0.4) is 0 Å². The molecule has 0 aromatic heterocycles. The smallest absolute Gasteiger partial charge is 0.308 e.